The lowest BCUT2D eigenvalue weighted by atomic mass is 10.1. The van der Waals surface area contributed by atoms with Crippen LogP contribution in [0, 0.1) is 0 Å². The second-order valence-electron chi connectivity index (χ2n) is 4.61. The predicted molar refractivity (Wildman–Crippen MR) is 68.1 cm³/mol. The summed E-state index contributed by atoms with van der Waals surface area (Å²) in [5.74, 6) is 0.926. The number of hydrogen-bond donors (Lipinski definition) is 1. The molecule has 1 atom stereocenters. The molecule has 1 aromatic rings. The van der Waals surface area contributed by atoms with Crippen molar-refractivity contribution in [3.8, 4) is 5.75 Å². The molecule has 94 valence electrons. The number of ether oxygens (including phenoxy) is 1. The minimum absolute atomic E-state index is 0.147. The van der Waals surface area contributed by atoms with Gasteiger partial charge in [0.1, 0.15) is 5.75 Å². The van der Waals surface area contributed by atoms with Crippen LogP contribution in [-0.4, -0.2) is 35.8 Å². The maximum Gasteiger partial charge on any atom is 0.119 e. The van der Waals surface area contributed by atoms with Gasteiger partial charge in [0, 0.05) is 13.1 Å². The van der Waals surface area contributed by atoms with Gasteiger partial charge in [0.25, 0.3) is 0 Å². The summed E-state index contributed by atoms with van der Waals surface area (Å²) in [5, 5.41) is 9.61. The number of nitrogens with zero attached hydrogens (tertiary/aromatic N) is 1. The number of benzene rings is 1. The van der Waals surface area contributed by atoms with Gasteiger partial charge in [-0.1, -0.05) is 12.1 Å². The standard InChI is InChI=1S/C14H21NO2/c1-2-17-14-7-5-12(6-8-14)10-15-9-3-4-13(16)11-15/h5-8,13,16H,2-4,9-11H2,1H3. The summed E-state index contributed by atoms with van der Waals surface area (Å²) in [6.45, 7) is 5.50. The third-order valence-electron chi connectivity index (χ3n) is 3.12. The Bertz CT molecular complexity index is 337. The summed E-state index contributed by atoms with van der Waals surface area (Å²) in [5.41, 5.74) is 1.28. The van der Waals surface area contributed by atoms with Crippen molar-refractivity contribution in [3.63, 3.8) is 0 Å². The number of piperidine rings is 1. The van der Waals surface area contributed by atoms with Crippen molar-refractivity contribution in [2.24, 2.45) is 0 Å². The van der Waals surface area contributed by atoms with Crippen LogP contribution in [0.2, 0.25) is 0 Å². The number of β-amino-alcohol motifs (C(OH)–C–C–N with tert-alkyl or cyclic N) is 1. The molecule has 1 heterocycles. The zero-order valence-corrected chi connectivity index (χ0v) is 10.4. The lowest BCUT2D eigenvalue weighted by Gasteiger charge is -2.29. The second-order valence-corrected chi connectivity index (χ2v) is 4.61. The molecule has 3 heteroatoms. The molecule has 1 aliphatic rings. The van der Waals surface area contributed by atoms with Gasteiger partial charge in [0.2, 0.25) is 0 Å². The van der Waals surface area contributed by atoms with Crippen LogP contribution >= 0.6 is 0 Å². The summed E-state index contributed by atoms with van der Waals surface area (Å²) in [6, 6.07) is 8.23. The molecular weight excluding hydrogens is 214 g/mol. The van der Waals surface area contributed by atoms with E-state index in [4.69, 9.17) is 4.74 Å². The molecule has 17 heavy (non-hydrogen) atoms. The van der Waals surface area contributed by atoms with Gasteiger partial charge in [0.05, 0.1) is 12.7 Å². The Morgan fingerprint density at radius 1 is 1.35 bits per heavy atom. The molecule has 0 aromatic heterocycles. The third-order valence-corrected chi connectivity index (χ3v) is 3.12. The van der Waals surface area contributed by atoms with Crippen LogP contribution in [-0.2, 0) is 6.54 Å². The average Bonchev–Trinajstić information content (AvgIpc) is 2.32. The Kier molecular flexibility index (Phi) is 4.40. The van der Waals surface area contributed by atoms with Crippen molar-refractivity contribution in [2.45, 2.75) is 32.4 Å². The minimum Gasteiger partial charge on any atom is -0.494 e. The highest BCUT2D eigenvalue weighted by Crippen LogP contribution is 2.16. The number of likely N-dealkylation sites (tertiary alicyclic amines) is 1. The molecule has 1 aromatic carbocycles. The first kappa shape index (κ1) is 12.4. The van der Waals surface area contributed by atoms with Gasteiger partial charge < -0.3 is 9.84 Å². The Hall–Kier alpha value is -1.06. The molecule has 0 aliphatic carbocycles. The summed E-state index contributed by atoms with van der Waals surface area (Å²) < 4.78 is 5.41. The van der Waals surface area contributed by atoms with Gasteiger partial charge in [-0.2, -0.15) is 0 Å². The highest BCUT2D eigenvalue weighted by molar-refractivity contribution is 5.27. The number of aliphatic hydroxyl groups is 1. The first-order chi connectivity index (χ1) is 8.28. The van der Waals surface area contributed by atoms with Gasteiger partial charge in [-0.3, -0.25) is 4.90 Å². The molecule has 0 bridgehead atoms. The van der Waals surface area contributed by atoms with Gasteiger partial charge in [0.15, 0.2) is 0 Å². The largest absolute Gasteiger partial charge is 0.494 e. The lowest BCUT2D eigenvalue weighted by molar-refractivity contribution is 0.0668. The molecule has 0 saturated carbocycles. The van der Waals surface area contributed by atoms with Crippen LogP contribution in [0.15, 0.2) is 24.3 Å². The molecule has 1 unspecified atom stereocenters. The maximum atomic E-state index is 9.61. The van der Waals surface area contributed by atoms with Gasteiger partial charge in [-0.15, -0.1) is 0 Å². The Morgan fingerprint density at radius 2 is 2.12 bits per heavy atom. The summed E-state index contributed by atoms with van der Waals surface area (Å²) in [6.07, 6.45) is 1.89. The highest BCUT2D eigenvalue weighted by atomic mass is 16.5. The fourth-order valence-corrected chi connectivity index (χ4v) is 2.29. The van der Waals surface area contributed by atoms with E-state index >= 15 is 0 Å². The van der Waals surface area contributed by atoms with Crippen molar-refractivity contribution in [1.82, 2.24) is 4.90 Å². The molecule has 3 nitrogen and oxygen atoms in total. The van der Waals surface area contributed by atoms with E-state index < -0.39 is 0 Å². The van der Waals surface area contributed by atoms with Crippen LogP contribution in [0.25, 0.3) is 0 Å². The van der Waals surface area contributed by atoms with Crippen molar-refractivity contribution in [2.75, 3.05) is 19.7 Å². The highest BCUT2D eigenvalue weighted by Gasteiger charge is 2.17. The summed E-state index contributed by atoms with van der Waals surface area (Å²) in [4.78, 5) is 2.31. The zero-order valence-electron chi connectivity index (χ0n) is 10.4. The first-order valence-corrected chi connectivity index (χ1v) is 6.40. The average molecular weight is 235 g/mol. The molecule has 0 amide bonds. The molecule has 2 rings (SSSR count). The predicted octanol–water partition coefficient (Wildman–Crippen LogP) is 2.04. The molecule has 0 spiro atoms. The van der Waals surface area contributed by atoms with E-state index in [0.717, 1.165) is 38.2 Å². The normalized spacial score (nSPS) is 21.4. The number of aliphatic hydroxyl groups excluding tert-OH is 1. The first-order valence-electron chi connectivity index (χ1n) is 6.40. The van der Waals surface area contributed by atoms with Crippen LogP contribution in [0.4, 0.5) is 0 Å². The SMILES string of the molecule is CCOc1ccc(CN2CCCC(O)C2)cc1. The van der Waals surface area contributed by atoms with E-state index in [9.17, 15) is 5.11 Å². The lowest BCUT2D eigenvalue weighted by Crippen LogP contribution is -2.37. The fraction of sp³-hybridized carbons (Fsp3) is 0.571. The number of rotatable bonds is 4. The van der Waals surface area contributed by atoms with E-state index in [2.05, 4.69) is 17.0 Å². The molecule has 1 aliphatic heterocycles. The topological polar surface area (TPSA) is 32.7 Å². The monoisotopic (exact) mass is 235 g/mol. The van der Waals surface area contributed by atoms with E-state index in [-0.39, 0.29) is 6.10 Å². The second kappa shape index (κ2) is 6.03. The van der Waals surface area contributed by atoms with E-state index in [0.29, 0.717) is 6.61 Å². The fourth-order valence-electron chi connectivity index (χ4n) is 2.29. The molecule has 0 radical (unpaired) electrons. The van der Waals surface area contributed by atoms with Crippen LogP contribution < -0.4 is 4.74 Å². The molecule has 1 N–H and O–H groups in total. The van der Waals surface area contributed by atoms with Crippen molar-refractivity contribution >= 4 is 0 Å². The van der Waals surface area contributed by atoms with Crippen LogP contribution in [0.1, 0.15) is 25.3 Å². The molecule has 1 saturated heterocycles. The smallest absolute Gasteiger partial charge is 0.119 e. The minimum atomic E-state index is -0.147. The Labute approximate surface area is 103 Å². The number of hydrogen-bond acceptors (Lipinski definition) is 3. The van der Waals surface area contributed by atoms with Crippen LogP contribution in [0.3, 0.4) is 0 Å². The van der Waals surface area contributed by atoms with E-state index in [1.54, 1.807) is 0 Å². The molecular formula is C14H21NO2. The van der Waals surface area contributed by atoms with E-state index in [1.807, 2.05) is 19.1 Å². The van der Waals surface area contributed by atoms with Crippen molar-refractivity contribution in [3.05, 3.63) is 29.8 Å². The van der Waals surface area contributed by atoms with Crippen molar-refractivity contribution in [1.29, 1.82) is 0 Å². The molecule has 1 fully saturated rings. The summed E-state index contributed by atoms with van der Waals surface area (Å²) >= 11 is 0. The summed E-state index contributed by atoms with van der Waals surface area (Å²) in [7, 11) is 0. The zero-order chi connectivity index (χ0) is 12.1. The maximum absolute atomic E-state index is 9.61. The Balaban J connectivity index is 1.89. The van der Waals surface area contributed by atoms with Gasteiger partial charge in [-0.05, 0) is 44.0 Å². The van der Waals surface area contributed by atoms with Gasteiger partial charge >= 0.3 is 0 Å². The quantitative estimate of drug-likeness (QED) is 0.867. The third kappa shape index (κ3) is 3.72. The Morgan fingerprint density at radius 3 is 2.76 bits per heavy atom. The van der Waals surface area contributed by atoms with Crippen LogP contribution in [0.5, 0.6) is 5.75 Å². The van der Waals surface area contributed by atoms with Crippen molar-refractivity contribution < 1.29 is 9.84 Å². The van der Waals surface area contributed by atoms with Gasteiger partial charge in [-0.25, -0.2) is 0 Å². The van der Waals surface area contributed by atoms with E-state index in [1.165, 1.54) is 5.56 Å².